The van der Waals surface area contributed by atoms with Crippen molar-refractivity contribution < 1.29 is 4.79 Å². The van der Waals surface area contributed by atoms with Crippen LogP contribution in [0.3, 0.4) is 0 Å². The molecule has 21 heavy (non-hydrogen) atoms. The van der Waals surface area contributed by atoms with Crippen molar-refractivity contribution in [2.45, 2.75) is 64.5 Å². The maximum absolute atomic E-state index is 13.3. The largest absolute Gasteiger partial charge is 0.337 e. The first-order valence-electron chi connectivity index (χ1n) is 8.92. The van der Waals surface area contributed by atoms with Gasteiger partial charge in [0.2, 0.25) is 5.91 Å². The molecule has 1 amide bonds. The molecule has 3 atom stereocenters. The maximum Gasteiger partial charge on any atom is 0.230 e. The summed E-state index contributed by atoms with van der Waals surface area (Å²) in [6.07, 6.45) is 7.10. The van der Waals surface area contributed by atoms with Crippen LogP contribution < -0.4 is 5.32 Å². The quantitative estimate of drug-likeness (QED) is 0.844. The average Bonchev–Trinajstić information content (AvgIpc) is 2.54. The van der Waals surface area contributed by atoms with E-state index in [0.717, 1.165) is 45.4 Å². The summed E-state index contributed by atoms with van der Waals surface area (Å²) in [6, 6.07) is 0.988. The van der Waals surface area contributed by atoms with Crippen LogP contribution in [0.5, 0.6) is 0 Å². The summed E-state index contributed by atoms with van der Waals surface area (Å²) in [7, 11) is 0. The summed E-state index contributed by atoms with van der Waals surface area (Å²) in [6.45, 7) is 9.64. The molecule has 3 fully saturated rings. The minimum Gasteiger partial charge on any atom is -0.337 e. The maximum atomic E-state index is 13.3. The van der Waals surface area contributed by atoms with Gasteiger partial charge in [0.25, 0.3) is 0 Å². The van der Waals surface area contributed by atoms with Gasteiger partial charge < -0.3 is 10.2 Å². The van der Waals surface area contributed by atoms with Gasteiger partial charge >= 0.3 is 0 Å². The van der Waals surface area contributed by atoms with Crippen LogP contribution in [0.2, 0.25) is 0 Å². The Balaban J connectivity index is 1.73. The van der Waals surface area contributed by atoms with Gasteiger partial charge in [-0.1, -0.05) is 13.3 Å². The first-order valence-corrected chi connectivity index (χ1v) is 8.92. The Hall–Kier alpha value is -0.610. The minimum absolute atomic E-state index is 0.136. The van der Waals surface area contributed by atoms with E-state index >= 15 is 0 Å². The lowest BCUT2D eigenvalue weighted by Gasteiger charge is -2.50. The molecule has 4 nitrogen and oxygen atoms in total. The summed E-state index contributed by atoms with van der Waals surface area (Å²) < 4.78 is 0. The van der Waals surface area contributed by atoms with Gasteiger partial charge in [-0.05, 0) is 52.1 Å². The number of nitrogens with zero attached hydrogens (tertiary/aromatic N) is 2. The lowest BCUT2D eigenvalue weighted by Crippen LogP contribution is -2.63. The molecule has 3 saturated heterocycles. The van der Waals surface area contributed by atoms with E-state index in [9.17, 15) is 4.79 Å². The van der Waals surface area contributed by atoms with Crippen molar-refractivity contribution in [3.8, 4) is 0 Å². The fraction of sp³-hybridized carbons (Fsp3) is 0.941. The zero-order valence-corrected chi connectivity index (χ0v) is 13.7. The SMILES string of the molecule is CCC1(C(=O)N2CC3CCCCN3CC2C)CCCNC1. The average molecular weight is 293 g/mol. The normalized spacial score (nSPS) is 38.1. The minimum atomic E-state index is -0.136. The van der Waals surface area contributed by atoms with E-state index in [4.69, 9.17) is 0 Å². The van der Waals surface area contributed by atoms with E-state index in [1.54, 1.807) is 0 Å². The summed E-state index contributed by atoms with van der Waals surface area (Å²) in [5.41, 5.74) is -0.136. The van der Waals surface area contributed by atoms with E-state index in [-0.39, 0.29) is 5.41 Å². The number of carbonyl (C=O) groups excluding carboxylic acids is 1. The number of hydrogen-bond acceptors (Lipinski definition) is 3. The van der Waals surface area contributed by atoms with Crippen LogP contribution >= 0.6 is 0 Å². The smallest absolute Gasteiger partial charge is 0.230 e. The third-order valence-corrected chi connectivity index (χ3v) is 6.05. The van der Waals surface area contributed by atoms with E-state index in [0.29, 0.717) is 18.0 Å². The third-order valence-electron chi connectivity index (χ3n) is 6.05. The number of fused-ring (bicyclic) bond motifs is 1. The highest BCUT2D eigenvalue weighted by atomic mass is 16.2. The van der Waals surface area contributed by atoms with Crippen molar-refractivity contribution in [1.82, 2.24) is 15.1 Å². The summed E-state index contributed by atoms with van der Waals surface area (Å²) in [5, 5.41) is 3.46. The summed E-state index contributed by atoms with van der Waals surface area (Å²) >= 11 is 0. The van der Waals surface area contributed by atoms with E-state index in [1.165, 1.54) is 25.8 Å². The zero-order valence-electron chi connectivity index (χ0n) is 13.7. The second-order valence-electron chi connectivity index (χ2n) is 7.37. The molecule has 0 spiro atoms. The van der Waals surface area contributed by atoms with E-state index in [2.05, 4.69) is 29.0 Å². The van der Waals surface area contributed by atoms with Gasteiger partial charge in [-0.3, -0.25) is 9.69 Å². The van der Waals surface area contributed by atoms with Crippen LogP contribution in [-0.4, -0.2) is 60.5 Å². The molecule has 4 heteroatoms. The molecule has 0 aliphatic carbocycles. The van der Waals surface area contributed by atoms with Crippen LogP contribution in [-0.2, 0) is 4.79 Å². The lowest BCUT2D eigenvalue weighted by molar-refractivity contribution is -0.150. The van der Waals surface area contributed by atoms with Crippen molar-refractivity contribution in [3.05, 3.63) is 0 Å². The second kappa shape index (κ2) is 6.25. The monoisotopic (exact) mass is 293 g/mol. The fourth-order valence-electron chi connectivity index (χ4n) is 4.54. The first kappa shape index (κ1) is 15.3. The van der Waals surface area contributed by atoms with Crippen molar-refractivity contribution >= 4 is 5.91 Å². The van der Waals surface area contributed by atoms with E-state index in [1.807, 2.05) is 0 Å². The highest BCUT2D eigenvalue weighted by Crippen LogP contribution is 2.35. The Morgan fingerprint density at radius 1 is 1.29 bits per heavy atom. The van der Waals surface area contributed by atoms with Gasteiger partial charge in [0.1, 0.15) is 0 Å². The van der Waals surface area contributed by atoms with Crippen LogP contribution in [0.4, 0.5) is 0 Å². The standard InChI is InChI=1S/C17H31N3O/c1-3-17(8-6-9-18-13-17)16(21)20-12-15-7-4-5-10-19(15)11-14(20)2/h14-15,18H,3-13H2,1-2H3. The second-order valence-corrected chi connectivity index (χ2v) is 7.37. The number of piperazine rings is 1. The number of hydrogen-bond donors (Lipinski definition) is 1. The van der Waals surface area contributed by atoms with Crippen LogP contribution in [0, 0.1) is 5.41 Å². The fourth-order valence-corrected chi connectivity index (χ4v) is 4.54. The molecule has 1 N–H and O–H groups in total. The van der Waals surface area contributed by atoms with Crippen LogP contribution in [0.25, 0.3) is 0 Å². The van der Waals surface area contributed by atoms with Crippen LogP contribution in [0.15, 0.2) is 0 Å². The predicted molar refractivity (Wildman–Crippen MR) is 85.2 cm³/mol. The molecule has 0 aromatic rings. The van der Waals surface area contributed by atoms with Gasteiger partial charge in [0.05, 0.1) is 5.41 Å². The Bertz CT molecular complexity index is 378. The molecule has 0 saturated carbocycles. The van der Waals surface area contributed by atoms with Gasteiger partial charge in [-0.25, -0.2) is 0 Å². The molecule has 0 bridgehead atoms. The van der Waals surface area contributed by atoms with Crippen molar-refractivity contribution in [2.24, 2.45) is 5.41 Å². The van der Waals surface area contributed by atoms with Gasteiger partial charge in [0.15, 0.2) is 0 Å². The van der Waals surface area contributed by atoms with Gasteiger partial charge in [0, 0.05) is 31.7 Å². The lowest BCUT2D eigenvalue weighted by atomic mass is 9.76. The molecule has 3 rings (SSSR count). The first-order chi connectivity index (χ1) is 10.2. The highest BCUT2D eigenvalue weighted by Gasteiger charge is 2.44. The third kappa shape index (κ3) is 2.85. The number of nitrogens with one attached hydrogen (secondary N) is 1. The Morgan fingerprint density at radius 3 is 2.86 bits per heavy atom. The molecule has 3 aliphatic rings. The van der Waals surface area contributed by atoms with Gasteiger partial charge in [-0.15, -0.1) is 0 Å². The Morgan fingerprint density at radius 2 is 2.14 bits per heavy atom. The van der Waals surface area contributed by atoms with Crippen molar-refractivity contribution in [1.29, 1.82) is 0 Å². The number of rotatable bonds is 2. The molecule has 120 valence electrons. The Labute approximate surface area is 129 Å². The van der Waals surface area contributed by atoms with Crippen molar-refractivity contribution in [2.75, 3.05) is 32.7 Å². The molecule has 3 aliphatic heterocycles. The number of carbonyl (C=O) groups is 1. The predicted octanol–water partition coefficient (Wildman–Crippen LogP) is 1.85. The molecule has 0 aromatic carbocycles. The molecule has 0 radical (unpaired) electrons. The summed E-state index contributed by atoms with van der Waals surface area (Å²) in [4.78, 5) is 18.1. The van der Waals surface area contributed by atoms with E-state index < -0.39 is 0 Å². The highest BCUT2D eigenvalue weighted by molar-refractivity contribution is 5.83. The Kier molecular flexibility index (Phi) is 4.55. The van der Waals surface area contributed by atoms with Gasteiger partial charge in [-0.2, -0.15) is 0 Å². The number of piperidine rings is 2. The molecular formula is C17H31N3O. The molecular weight excluding hydrogens is 262 g/mol. The molecule has 3 heterocycles. The van der Waals surface area contributed by atoms with Crippen molar-refractivity contribution in [3.63, 3.8) is 0 Å². The topological polar surface area (TPSA) is 35.6 Å². The summed E-state index contributed by atoms with van der Waals surface area (Å²) in [5.74, 6) is 0.426. The molecule has 3 unspecified atom stereocenters. The number of amides is 1. The molecule has 0 aromatic heterocycles. The zero-order chi connectivity index (χ0) is 14.9. The van der Waals surface area contributed by atoms with Crippen LogP contribution in [0.1, 0.15) is 52.4 Å².